The minimum absolute atomic E-state index is 0.423. The lowest BCUT2D eigenvalue weighted by atomic mass is 10.1. The molecule has 2 aromatic heterocycles. The molecule has 0 aliphatic rings. The van der Waals surface area contributed by atoms with Gasteiger partial charge >= 0.3 is 6.18 Å². The molecule has 0 spiro atoms. The van der Waals surface area contributed by atoms with Gasteiger partial charge in [-0.3, -0.25) is 5.10 Å². The van der Waals surface area contributed by atoms with E-state index in [9.17, 15) is 13.2 Å². The van der Waals surface area contributed by atoms with Gasteiger partial charge in [0, 0.05) is 18.3 Å². The molecule has 2 N–H and O–H groups in total. The largest absolute Gasteiger partial charge is 0.476 e. The molecule has 5 nitrogen and oxygen atoms in total. The van der Waals surface area contributed by atoms with Crippen molar-refractivity contribution in [1.29, 1.82) is 0 Å². The number of hydrogen-bond donors (Lipinski definition) is 2. The van der Waals surface area contributed by atoms with Gasteiger partial charge in [-0.25, -0.2) is 4.98 Å². The van der Waals surface area contributed by atoms with Gasteiger partial charge in [0.05, 0.1) is 29.7 Å². The second kappa shape index (κ2) is 13.0. The molecule has 0 fully saturated rings. The average Bonchev–Trinajstić information content (AvgIpc) is 3.30. The highest BCUT2D eigenvalue weighted by atomic mass is 19.4. The first-order valence-corrected chi connectivity index (χ1v) is 12.0. The number of rotatable bonds is 14. The van der Waals surface area contributed by atoms with E-state index in [0.717, 1.165) is 36.2 Å². The number of H-pyrrole nitrogens is 1. The van der Waals surface area contributed by atoms with Gasteiger partial charge in [-0.1, -0.05) is 64.0 Å². The van der Waals surface area contributed by atoms with Crippen molar-refractivity contribution in [1.82, 2.24) is 15.2 Å². The number of aromatic nitrogens is 3. The van der Waals surface area contributed by atoms with Gasteiger partial charge in [0.25, 0.3) is 0 Å². The number of ether oxygens (including phenoxy) is 1. The van der Waals surface area contributed by atoms with Crippen LogP contribution in [-0.2, 0) is 12.7 Å². The van der Waals surface area contributed by atoms with Crippen LogP contribution in [0.5, 0.6) is 5.88 Å². The number of aromatic amines is 1. The Balaban J connectivity index is 1.50. The fraction of sp³-hybridized carbons (Fsp3) is 0.462. The van der Waals surface area contributed by atoms with Crippen molar-refractivity contribution in [3.63, 3.8) is 0 Å². The highest BCUT2D eigenvalue weighted by Crippen LogP contribution is 2.31. The Morgan fingerprint density at radius 3 is 2.35 bits per heavy atom. The molecule has 0 bridgehead atoms. The zero-order valence-electron chi connectivity index (χ0n) is 19.6. The summed E-state index contributed by atoms with van der Waals surface area (Å²) in [6.07, 6.45) is 8.87. The lowest BCUT2D eigenvalue weighted by molar-refractivity contribution is -0.137. The topological polar surface area (TPSA) is 62.8 Å². The van der Waals surface area contributed by atoms with Gasteiger partial charge in [-0.05, 0) is 36.2 Å². The third-order valence-electron chi connectivity index (χ3n) is 5.70. The standard InChI is InChI=1S/C26H33F3N4O/c1-2-3-4-5-6-7-8-9-17-34-25-23(11-10-16-30-25)31-18-21-19-32-33-24(21)20-12-14-22(15-13-20)26(27,28)29/h10-16,19,31H,2-9,17-18H2,1H3,(H,32,33). The first-order valence-electron chi connectivity index (χ1n) is 12.0. The quantitative estimate of drug-likeness (QED) is 0.236. The van der Waals surface area contributed by atoms with E-state index in [1.807, 2.05) is 12.1 Å². The molecule has 1 aromatic carbocycles. The first kappa shape index (κ1) is 25.6. The average molecular weight is 475 g/mol. The van der Waals surface area contributed by atoms with Crippen LogP contribution in [0.25, 0.3) is 11.3 Å². The normalized spacial score (nSPS) is 11.5. The summed E-state index contributed by atoms with van der Waals surface area (Å²) in [6, 6.07) is 8.77. The molecule has 0 unspecified atom stereocenters. The summed E-state index contributed by atoms with van der Waals surface area (Å²) in [6.45, 7) is 3.27. The second-order valence-corrected chi connectivity index (χ2v) is 8.38. The summed E-state index contributed by atoms with van der Waals surface area (Å²) in [5.41, 5.74) is 2.23. The SMILES string of the molecule is CCCCCCCCCCOc1ncccc1NCc1cn[nH]c1-c1ccc(C(F)(F)F)cc1. The van der Waals surface area contributed by atoms with Gasteiger partial charge in [0.2, 0.25) is 5.88 Å². The molecule has 34 heavy (non-hydrogen) atoms. The third kappa shape index (κ3) is 7.78. The van der Waals surface area contributed by atoms with Crippen molar-refractivity contribution in [2.75, 3.05) is 11.9 Å². The van der Waals surface area contributed by atoms with E-state index in [4.69, 9.17) is 4.74 Å². The maximum absolute atomic E-state index is 12.8. The number of nitrogens with zero attached hydrogens (tertiary/aromatic N) is 2. The van der Waals surface area contributed by atoms with Gasteiger partial charge in [-0.2, -0.15) is 18.3 Å². The second-order valence-electron chi connectivity index (χ2n) is 8.38. The number of unbranched alkanes of at least 4 members (excludes halogenated alkanes) is 7. The van der Waals surface area contributed by atoms with Crippen LogP contribution < -0.4 is 10.1 Å². The number of pyridine rings is 1. The number of benzene rings is 1. The zero-order chi connectivity index (χ0) is 24.2. The molecule has 0 aliphatic carbocycles. The van der Waals surface area contributed by atoms with Crippen LogP contribution in [0.2, 0.25) is 0 Å². The molecule has 8 heteroatoms. The van der Waals surface area contributed by atoms with Crippen LogP contribution >= 0.6 is 0 Å². The zero-order valence-corrected chi connectivity index (χ0v) is 19.6. The molecule has 3 rings (SSSR count). The molecule has 0 saturated heterocycles. The Labute approximate surface area is 199 Å². The minimum atomic E-state index is -4.36. The molecule has 0 radical (unpaired) electrons. The highest BCUT2D eigenvalue weighted by molar-refractivity contribution is 5.64. The van der Waals surface area contributed by atoms with Crippen molar-refractivity contribution in [3.8, 4) is 17.1 Å². The lowest BCUT2D eigenvalue weighted by Gasteiger charge is -2.12. The summed E-state index contributed by atoms with van der Waals surface area (Å²) in [7, 11) is 0. The Kier molecular flexibility index (Phi) is 9.79. The fourth-order valence-electron chi connectivity index (χ4n) is 3.76. The molecule has 3 aromatic rings. The molecule has 0 saturated carbocycles. The summed E-state index contributed by atoms with van der Waals surface area (Å²) in [5.74, 6) is 0.546. The lowest BCUT2D eigenvalue weighted by Crippen LogP contribution is -2.06. The summed E-state index contributed by atoms with van der Waals surface area (Å²) >= 11 is 0. The molecule has 184 valence electrons. The molecular formula is C26H33F3N4O. The maximum atomic E-state index is 12.8. The van der Waals surface area contributed by atoms with Crippen LogP contribution in [0.4, 0.5) is 18.9 Å². The Morgan fingerprint density at radius 2 is 1.65 bits per heavy atom. The monoisotopic (exact) mass is 474 g/mol. The molecule has 0 atom stereocenters. The number of nitrogens with one attached hydrogen (secondary N) is 2. The Hall–Kier alpha value is -3.03. The van der Waals surface area contributed by atoms with Crippen LogP contribution in [0.3, 0.4) is 0 Å². The van der Waals surface area contributed by atoms with E-state index >= 15 is 0 Å². The van der Waals surface area contributed by atoms with E-state index in [1.165, 1.54) is 50.7 Å². The summed E-state index contributed by atoms with van der Waals surface area (Å²) in [5, 5.41) is 10.3. The van der Waals surface area contributed by atoms with Gasteiger partial charge in [0.1, 0.15) is 0 Å². The third-order valence-corrected chi connectivity index (χ3v) is 5.70. The van der Waals surface area contributed by atoms with E-state index in [0.29, 0.717) is 30.3 Å². The number of hydrogen-bond acceptors (Lipinski definition) is 4. The predicted molar refractivity (Wildman–Crippen MR) is 129 cm³/mol. The van der Waals surface area contributed by atoms with E-state index in [-0.39, 0.29) is 0 Å². The Bertz CT molecular complexity index is 986. The Morgan fingerprint density at radius 1 is 0.941 bits per heavy atom. The number of anilines is 1. The van der Waals surface area contributed by atoms with Crippen LogP contribution in [0.15, 0.2) is 48.8 Å². The predicted octanol–water partition coefficient (Wildman–Crippen LogP) is 7.62. The van der Waals surface area contributed by atoms with Crippen LogP contribution in [0.1, 0.15) is 69.4 Å². The van der Waals surface area contributed by atoms with Crippen LogP contribution in [-0.4, -0.2) is 21.8 Å². The van der Waals surface area contributed by atoms with E-state index in [1.54, 1.807) is 12.4 Å². The highest BCUT2D eigenvalue weighted by Gasteiger charge is 2.30. The molecule has 0 aliphatic heterocycles. The van der Waals surface area contributed by atoms with Gasteiger partial charge < -0.3 is 10.1 Å². The summed E-state index contributed by atoms with van der Waals surface area (Å²) in [4.78, 5) is 4.34. The van der Waals surface area contributed by atoms with Crippen molar-refractivity contribution in [3.05, 3.63) is 59.9 Å². The minimum Gasteiger partial charge on any atom is -0.476 e. The van der Waals surface area contributed by atoms with Crippen LogP contribution in [0, 0.1) is 0 Å². The van der Waals surface area contributed by atoms with Gasteiger partial charge in [-0.15, -0.1) is 0 Å². The molecular weight excluding hydrogens is 441 g/mol. The van der Waals surface area contributed by atoms with E-state index < -0.39 is 11.7 Å². The van der Waals surface area contributed by atoms with Crippen molar-refractivity contribution >= 4 is 5.69 Å². The smallest absolute Gasteiger partial charge is 0.416 e. The molecule has 0 amide bonds. The van der Waals surface area contributed by atoms with E-state index in [2.05, 4.69) is 27.4 Å². The first-order chi connectivity index (χ1) is 16.5. The maximum Gasteiger partial charge on any atom is 0.416 e. The molecule has 2 heterocycles. The van der Waals surface area contributed by atoms with Crippen molar-refractivity contribution in [2.24, 2.45) is 0 Å². The fourth-order valence-corrected chi connectivity index (χ4v) is 3.76. The number of halogens is 3. The van der Waals surface area contributed by atoms with Gasteiger partial charge in [0.15, 0.2) is 0 Å². The number of alkyl halides is 3. The van der Waals surface area contributed by atoms with Crippen molar-refractivity contribution < 1.29 is 17.9 Å². The van der Waals surface area contributed by atoms with Crippen molar-refractivity contribution in [2.45, 2.75) is 71.0 Å². The summed E-state index contributed by atoms with van der Waals surface area (Å²) < 4.78 is 44.4.